The van der Waals surface area contributed by atoms with Crippen molar-refractivity contribution in [2.45, 2.75) is 151 Å². The quantitative estimate of drug-likeness (QED) is 0.0120. The lowest BCUT2D eigenvalue weighted by atomic mass is 10.0. The van der Waals surface area contributed by atoms with Crippen LogP contribution >= 0.6 is 11.8 Å². The third-order valence-corrected chi connectivity index (χ3v) is 12.9. The van der Waals surface area contributed by atoms with Gasteiger partial charge in [0.15, 0.2) is 23.8 Å². The smallest absolute Gasteiger partial charge is 0.315 e. The molecule has 0 radical (unpaired) electrons. The molecule has 0 bridgehead atoms. The molecule has 2 heterocycles. The summed E-state index contributed by atoms with van der Waals surface area (Å²) < 4.78 is 0. The molecule has 0 aromatic carbocycles. The molecule has 9 amide bonds. The molecule has 2 fully saturated rings. The minimum atomic E-state index is -1.22. The fraction of sp³-hybridized carbons (Fsp3) is 0.714. The van der Waals surface area contributed by atoms with Crippen LogP contribution < -0.4 is 94.1 Å². The Morgan fingerprint density at radius 3 is 1.43 bits per heavy atom. The van der Waals surface area contributed by atoms with Gasteiger partial charge in [0.1, 0.15) is 30.2 Å². The summed E-state index contributed by atoms with van der Waals surface area (Å²) in [6.07, 6.45) is 4.52. The van der Waals surface area contributed by atoms with Crippen molar-refractivity contribution >= 4 is 83.0 Å². The van der Waals surface area contributed by atoms with Crippen molar-refractivity contribution in [3.63, 3.8) is 0 Å². The van der Waals surface area contributed by atoms with Crippen molar-refractivity contribution in [3.8, 4) is 0 Å². The second-order valence-corrected chi connectivity index (χ2v) is 18.7. The number of aliphatic imine (C=N–C) groups is 4. The molecule has 2 aliphatic heterocycles. The molecule has 2 saturated heterocycles. The first-order chi connectivity index (χ1) is 34.2. The van der Waals surface area contributed by atoms with E-state index in [-0.39, 0.29) is 137 Å². The maximum absolute atomic E-state index is 13.9. The molecule has 72 heavy (non-hydrogen) atoms. The molecule has 2 aliphatic rings. The fourth-order valence-corrected chi connectivity index (χ4v) is 9.33. The van der Waals surface area contributed by atoms with E-state index >= 15 is 0 Å². The van der Waals surface area contributed by atoms with Crippen molar-refractivity contribution in [1.82, 2.24) is 42.5 Å². The van der Waals surface area contributed by atoms with E-state index in [4.69, 9.17) is 51.6 Å². The molecule has 0 saturated carbocycles. The average molecular weight is 1040 g/mol. The van der Waals surface area contributed by atoms with Gasteiger partial charge in [0, 0.05) is 57.1 Å². The number of fused-ring (bicyclic) bond motifs is 1. The normalized spacial score (nSPS) is 17.6. The molecule has 406 valence electrons. The number of nitrogens with two attached hydrogens (primary N) is 9. The number of amides is 9. The van der Waals surface area contributed by atoms with Gasteiger partial charge in [0.05, 0.1) is 12.1 Å². The van der Waals surface area contributed by atoms with E-state index in [1.165, 1.54) is 6.92 Å². The van der Waals surface area contributed by atoms with Crippen molar-refractivity contribution in [3.05, 3.63) is 0 Å². The summed E-state index contributed by atoms with van der Waals surface area (Å²) in [5.74, 6) is -3.99. The molecule has 0 aliphatic carbocycles. The second kappa shape index (κ2) is 33.6. The molecule has 8 atom stereocenters. The number of hydrogen-bond donors (Lipinski definition) is 17. The number of rotatable bonds is 36. The molecule has 26 N–H and O–H groups in total. The number of primary amides is 1. The Bertz CT molecular complexity index is 1920. The standard InChI is InChI=1S/C42H79N21O8S/c1-23(64)57-26(12-7-19-54-39(46)47)35(68)60-25(11-6-18-53-38(44)45)34(67)52-17-5-4-10-24(33(43)66)59-37(70)28(14-9-21-56-41(50)51)61-36(69)27(13-8-20-55-40(48)49)58-31(65)16-3-2-15-30-32-29(22-72-30)62-42(71)63-32/h24-30,32H,2-22H2,1H3,(H2,43,66)(H,52,67)(H,57,64)(H,58,65)(H,59,70)(H,60,68)(H,61,69)(H4,44,45,53)(H4,46,47,54)(H4,48,49,55)(H4,50,51,56)(H2,62,63,71)/t24-,25-,26-,27-,28-,29-,30-,32-/m0/s1. The van der Waals surface area contributed by atoms with Gasteiger partial charge in [-0.05, 0) is 83.5 Å². The molecule has 29 nitrogen and oxygen atoms in total. The van der Waals surface area contributed by atoms with Gasteiger partial charge >= 0.3 is 6.03 Å². The number of thioether (sulfide) groups is 1. The van der Waals surface area contributed by atoms with Crippen LogP contribution in [0.25, 0.3) is 0 Å². The van der Waals surface area contributed by atoms with Gasteiger partial charge < -0.3 is 94.1 Å². The number of nitrogens with zero attached hydrogens (tertiary/aromatic N) is 4. The van der Waals surface area contributed by atoms with E-state index in [0.717, 1.165) is 18.6 Å². The van der Waals surface area contributed by atoms with Crippen LogP contribution in [0, 0.1) is 0 Å². The number of carbonyl (C=O) groups is 8. The number of hydrogen-bond acceptors (Lipinski definition) is 13. The molecular weight excluding hydrogens is 959 g/mol. The molecule has 0 spiro atoms. The number of urea groups is 1. The lowest BCUT2D eigenvalue weighted by Crippen LogP contribution is -2.56. The molecule has 0 aromatic rings. The molecule has 0 unspecified atom stereocenters. The van der Waals surface area contributed by atoms with Crippen molar-refractivity contribution < 1.29 is 38.4 Å². The summed E-state index contributed by atoms with van der Waals surface area (Å²) in [6.45, 7) is 2.03. The SMILES string of the molecule is CC(=O)N[C@@H](CCCN=C(N)N)C(=O)N[C@@H](CCCN=C(N)N)C(=O)NCCCC[C@H](NC(=O)[C@H](CCCN=C(N)N)NC(=O)[C@H](CCCN=C(N)N)NC(=O)CCCC[C@@H]1SC[C@@H]2NC(=O)N[C@@H]21)C(N)=O. The van der Waals surface area contributed by atoms with E-state index in [9.17, 15) is 38.4 Å². The average Bonchev–Trinajstić information content (AvgIpc) is 3.86. The maximum Gasteiger partial charge on any atom is 0.315 e. The van der Waals surface area contributed by atoms with Gasteiger partial charge in [-0.15, -0.1) is 0 Å². The maximum atomic E-state index is 13.9. The third-order valence-electron chi connectivity index (χ3n) is 11.4. The lowest BCUT2D eigenvalue weighted by molar-refractivity contribution is -0.133. The zero-order valence-electron chi connectivity index (χ0n) is 41.1. The van der Waals surface area contributed by atoms with Crippen LogP contribution in [0.4, 0.5) is 4.79 Å². The Kier molecular flexibility index (Phi) is 28.5. The van der Waals surface area contributed by atoms with Gasteiger partial charge in [-0.1, -0.05) is 6.42 Å². The minimum Gasteiger partial charge on any atom is -0.370 e. The highest BCUT2D eigenvalue weighted by Gasteiger charge is 2.42. The Hall–Kier alpha value is -7.01. The number of carbonyl (C=O) groups excluding carboxylic acids is 8. The minimum absolute atomic E-state index is 0.0325. The Morgan fingerprint density at radius 1 is 0.542 bits per heavy atom. The van der Waals surface area contributed by atoms with Gasteiger partial charge in [-0.2, -0.15) is 11.8 Å². The summed E-state index contributed by atoms with van der Waals surface area (Å²) in [7, 11) is 0. The van der Waals surface area contributed by atoms with Crippen molar-refractivity contribution in [1.29, 1.82) is 0 Å². The van der Waals surface area contributed by atoms with Crippen LogP contribution in [-0.2, 0) is 33.6 Å². The highest BCUT2D eigenvalue weighted by Crippen LogP contribution is 2.33. The summed E-state index contributed by atoms with van der Waals surface area (Å²) in [4.78, 5) is 120. The monoisotopic (exact) mass is 1040 g/mol. The number of guanidine groups is 4. The first-order valence-electron chi connectivity index (χ1n) is 24.1. The summed E-state index contributed by atoms with van der Waals surface area (Å²) in [6, 6.07) is -5.56. The zero-order valence-corrected chi connectivity index (χ0v) is 41.9. The highest BCUT2D eigenvalue weighted by atomic mass is 32.2. The fourth-order valence-electron chi connectivity index (χ4n) is 7.79. The molecule has 2 rings (SSSR count). The Labute approximate surface area is 423 Å². The second-order valence-electron chi connectivity index (χ2n) is 17.4. The van der Waals surface area contributed by atoms with Gasteiger partial charge in [0.2, 0.25) is 41.4 Å². The predicted molar refractivity (Wildman–Crippen MR) is 275 cm³/mol. The Balaban J connectivity index is 2.08. The predicted octanol–water partition coefficient (Wildman–Crippen LogP) is -5.86. The summed E-state index contributed by atoms with van der Waals surface area (Å²) in [5, 5.41) is 22.3. The molecule has 30 heteroatoms. The Morgan fingerprint density at radius 2 is 0.972 bits per heavy atom. The molecule has 0 aromatic heterocycles. The van der Waals surface area contributed by atoms with Gasteiger partial charge in [-0.3, -0.25) is 53.5 Å². The highest BCUT2D eigenvalue weighted by molar-refractivity contribution is 8.00. The summed E-state index contributed by atoms with van der Waals surface area (Å²) in [5.41, 5.74) is 49.3. The van der Waals surface area contributed by atoms with E-state index in [2.05, 4.69) is 62.5 Å². The zero-order chi connectivity index (χ0) is 53.6. The van der Waals surface area contributed by atoms with E-state index in [1.807, 2.05) is 0 Å². The van der Waals surface area contributed by atoms with Crippen LogP contribution in [0.3, 0.4) is 0 Å². The first kappa shape index (κ1) is 61.1. The largest absolute Gasteiger partial charge is 0.370 e. The topological polar surface area (TPSA) is 516 Å². The van der Waals surface area contributed by atoms with Crippen LogP contribution in [0.5, 0.6) is 0 Å². The third kappa shape index (κ3) is 25.7. The van der Waals surface area contributed by atoms with Crippen molar-refractivity contribution in [2.75, 3.05) is 38.5 Å². The lowest BCUT2D eigenvalue weighted by Gasteiger charge is -2.25. The van der Waals surface area contributed by atoms with E-state index in [1.54, 1.807) is 11.8 Å². The van der Waals surface area contributed by atoms with Gasteiger partial charge in [-0.25, -0.2) is 4.79 Å². The summed E-state index contributed by atoms with van der Waals surface area (Å²) >= 11 is 1.78. The van der Waals surface area contributed by atoms with E-state index in [0.29, 0.717) is 32.1 Å². The molecular formula is C42H79N21O8S. The van der Waals surface area contributed by atoms with Crippen LogP contribution in [-0.4, -0.2) is 157 Å². The van der Waals surface area contributed by atoms with Crippen LogP contribution in [0.1, 0.15) is 103 Å². The van der Waals surface area contributed by atoms with Crippen LogP contribution in [0.15, 0.2) is 20.0 Å². The van der Waals surface area contributed by atoms with Crippen LogP contribution in [0.2, 0.25) is 0 Å². The van der Waals surface area contributed by atoms with Gasteiger partial charge in [0.25, 0.3) is 0 Å². The number of unbranched alkanes of at least 4 members (excludes halogenated alkanes) is 2. The number of nitrogens with one attached hydrogen (secondary N) is 8. The first-order valence-corrected chi connectivity index (χ1v) is 25.2. The van der Waals surface area contributed by atoms with Crippen molar-refractivity contribution in [2.24, 2.45) is 71.6 Å². The van der Waals surface area contributed by atoms with E-state index < -0.39 is 65.7 Å².